The predicted octanol–water partition coefficient (Wildman–Crippen LogP) is 4.41. The van der Waals surface area contributed by atoms with Gasteiger partial charge in [-0.2, -0.15) is 0 Å². The number of carbonyl (C=O) groups excluding carboxylic acids is 2. The number of hydrogen-bond acceptors (Lipinski definition) is 2. The molecule has 2 rings (SSSR count). The van der Waals surface area contributed by atoms with Crippen LogP contribution in [0, 0.1) is 5.92 Å². The van der Waals surface area contributed by atoms with Crippen LogP contribution >= 0.6 is 23.2 Å². The highest BCUT2D eigenvalue weighted by molar-refractivity contribution is 6.33. The monoisotopic (exact) mass is 392 g/mol. The van der Waals surface area contributed by atoms with Gasteiger partial charge in [-0.15, -0.1) is 0 Å². The van der Waals surface area contributed by atoms with Crippen LogP contribution in [0.1, 0.15) is 29.8 Å². The second-order valence-corrected chi connectivity index (χ2v) is 7.28. The molecule has 1 atom stereocenters. The van der Waals surface area contributed by atoms with Crippen molar-refractivity contribution in [1.82, 2.24) is 10.2 Å². The molecule has 0 aliphatic heterocycles. The molecule has 0 spiro atoms. The average molecular weight is 393 g/mol. The van der Waals surface area contributed by atoms with Gasteiger partial charge in [-0.3, -0.25) is 9.59 Å². The highest BCUT2D eigenvalue weighted by Crippen LogP contribution is 2.19. The first kappa shape index (κ1) is 20.3. The molecule has 0 saturated heterocycles. The predicted molar refractivity (Wildman–Crippen MR) is 105 cm³/mol. The number of amides is 2. The number of hydrogen-bond donors (Lipinski definition) is 1. The molecule has 6 heteroatoms. The third-order valence-corrected chi connectivity index (χ3v) is 4.78. The van der Waals surface area contributed by atoms with Gasteiger partial charge in [-0.25, -0.2) is 0 Å². The average Bonchev–Trinajstić information content (AvgIpc) is 2.61. The number of nitrogens with zero attached hydrogens (tertiary/aromatic N) is 1. The van der Waals surface area contributed by atoms with Gasteiger partial charge >= 0.3 is 0 Å². The molecule has 0 unspecified atom stereocenters. The minimum atomic E-state index is -0.661. The van der Waals surface area contributed by atoms with Crippen LogP contribution in [0.5, 0.6) is 0 Å². The molecule has 0 bridgehead atoms. The van der Waals surface area contributed by atoms with Gasteiger partial charge < -0.3 is 10.2 Å². The Bertz CT molecular complexity index is 793. The number of nitrogens with one attached hydrogen (secondary N) is 1. The summed E-state index contributed by atoms with van der Waals surface area (Å²) in [6, 6.07) is 13.5. The molecule has 2 aromatic rings. The third-order valence-electron chi connectivity index (χ3n) is 4.08. The van der Waals surface area contributed by atoms with Gasteiger partial charge in [0.2, 0.25) is 5.91 Å². The van der Waals surface area contributed by atoms with Crippen molar-refractivity contribution in [2.24, 2.45) is 5.92 Å². The SMILES string of the molecule is CC(C)[C@H](NC(=O)c1ccccc1Cl)C(=O)N(C)Cc1ccccc1Cl. The summed E-state index contributed by atoms with van der Waals surface area (Å²) in [4.78, 5) is 27.0. The van der Waals surface area contributed by atoms with Crippen LogP contribution in [-0.2, 0) is 11.3 Å². The molecular formula is C20H22Cl2N2O2. The van der Waals surface area contributed by atoms with Gasteiger partial charge in [0.25, 0.3) is 5.91 Å². The van der Waals surface area contributed by atoms with Gasteiger partial charge in [0.15, 0.2) is 0 Å². The Hall–Kier alpha value is -2.04. The second kappa shape index (κ2) is 9.06. The number of carbonyl (C=O) groups is 2. The first-order valence-corrected chi connectivity index (χ1v) is 9.10. The fraction of sp³-hybridized carbons (Fsp3) is 0.300. The summed E-state index contributed by atoms with van der Waals surface area (Å²) < 4.78 is 0. The van der Waals surface area contributed by atoms with E-state index in [1.807, 2.05) is 32.0 Å². The van der Waals surface area contributed by atoms with E-state index in [1.165, 1.54) is 0 Å². The Morgan fingerprint density at radius 1 is 1.00 bits per heavy atom. The van der Waals surface area contributed by atoms with Crippen molar-refractivity contribution in [3.05, 3.63) is 69.7 Å². The lowest BCUT2D eigenvalue weighted by atomic mass is 10.0. The van der Waals surface area contributed by atoms with Gasteiger partial charge in [0.05, 0.1) is 10.6 Å². The highest BCUT2D eigenvalue weighted by atomic mass is 35.5. The number of likely N-dealkylation sites (N-methyl/N-ethyl adjacent to an activating group) is 1. The third kappa shape index (κ3) is 4.99. The van der Waals surface area contributed by atoms with Crippen molar-refractivity contribution in [2.75, 3.05) is 7.05 Å². The van der Waals surface area contributed by atoms with E-state index >= 15 is 0 Å². The zero-order valence-electron chi connectivity index (χ0n) is 15.0. The van der Waals surface area contributed by atoms with Gasteiger partial charge in [0, 0.05) is 18.6 Å². The normalized spacial score (nSPS) is 11.9. The van der Waals surface area contributed by atoms with E-state index in [-0.39, 0.29) is 17.7 Å². The molecule has 2 amide bonds. The molecule has 0 fully saturated rings. The molecule has 26 heavy (non-hydrogen) atoms. The molecule has 0 aromatic heterocycles. The minimum Gasteiger partial charge on any atom is -0.340 e. The van der Waals surface area contributed by atoms with E-state index in [0.717, 1.165) is 5.56 Å². The number of benzene rings is 2. The Balaban J connectivity index is 2.13. The summed E-state index contributed by atoms with van der Waals surface area (Å²) in [5.74, 6) is -0.628. The van der Waals surface area contributed by atoms with Crippen LogP contribution in [0.15, 0.2) is 48.5 Å². The summed E-state index contributed by atoms with van der Waals surface area (Å²) in [6.45, 7) is 4.14. The van der Waals surface area contributed by atoms with Crippen molar-refractivity contribution in [3.8, 4) is 0 Å². The number of rotatable bonds is 6. The zero-order chi connectivity index (χ0) is 19.3. The minimum absolute atomic E-state index is 0.0809. The largest absolute Gasteiger partial charge is 0.340 e. The zero-order valence-corrected chi connectivity index (χ0v) is 16.5. The van der Waals surface area contributed by atoms with Crippen LogP contribution < -0.4 is 5.32 Å². The molecule has 1 N–H and O–H groups in total. The van der Waals surface area contributed by atoms with Crippen molar-refractivity contribution in [1.29, 1.82) is 0 Å². The maximum absolute atomic E-state index is 12.9. The van der Waals surface area contributed by atoms with Crippen molar-refractivity contribution in [2.45, 2.75) is 26.4 Å². The quantitative estimate of drug-likeness (QED) is 0.791. The van der Waals surface area contributed by atoms with Crippen molar-refractivity contribution < 1.29 is 9.59 Å². The standard InChI is InChI=1S/C20H22Cl2N2O2/c1-13(2)18(23-19(25)15-9-5-7-11-17(15)22)20(26)24(3)12-14-8-4-6-10-16(14)21/h4-11,13,18H,12H2,1-3H3,(H,23,25)/t18-/m0/s1. The van der Waals surface area contributed by atoms with Gasteiger partial charge in [0.1, 0.15) is 6.04 Å². The van der Waals surface area contributed by atoms with Gasteiger partial charge in [-0.05, 0) is 29.7 Å². The highest BCUT2D eigenvalue weighted by Gasteiger charge is 2.28. The summed E-state index contributed by atoms with van der Waals surface area (Å²) >= 11 is 12.3. The second-order valence-electron chi connectivity index (χ2n) is 6.46. The summed E-state index contributed by atoms with van der Waals surface area (Å²) in [5, 5.41) is 3.76. The lowest BCUT2D eigenvalue weighted by Crippen LogP contribution is -2.50. The van der Waals surface area contributed by atoms with Crippen molar-refractivity contribution in [3.63, 3.8) is 0 Å². The van der Waals surface area contributed by atoms with E-state index in [9.17, 15) is 9.59 Å². The van der Waals surface area contributed by atoms with Crippen LogP contribution in [0.25, 0.3) is 0 Å². The molecule has 138 valence electrons. The molecule has 0 aliphatic carbocycles. The first-order chi connectivity index (χ1) is 12.3. The van der Waals surface area contributed by atoms with E-state index in [0.29, 0.717) is 22.2 Å². The van der Waals surface area contributed by atoms with E-state index in [2.05, 4.69) is 5.32 Å². The van der Waals surface area contributed by atoms with Crippen LogP contribution in [0.4, 0.5) is 0 Å². The maximum Gasteiger partial charge on any atom is 0.253 e. The van der Waals surface area contributed by atoms with E-state index < -0.39 is 6.04 Å². The summed E-state index contributed by atoms with van der Waals surface area (Å²) in [7, 11) is 1.70. The van der Waals surface area contributed by atoms with Crippen molar-refractivity contribution >= 4 is 35.0 Å². The lowest BCUT2D eigenvalue weighted by Gasteiger charge is -2.27. The molecule has 2 aromatic carbocycles. The lowest BCUT2D eigenvalue weighted by molar-refractivity contribution is -0.133. The van der Waals surface area contributed by atoms with E-state index in [4.69, 9.17) is 23.2 Å². The Morgan fingerprint density at radius 3 is 2.15 bits per heavy atom. The molecule has 0 aliphatic rings. The summed E-state index contributed by atoms with van der Waals surface area (Å²) in [6.07, 6.45) is 0. The van der Waals surface area contributed by atoms with E-state index in [1.54, 1.807) is 42.3 Å². The molecular weight excluding hydrogens is 371 g/mol. The first-order valence-electron chi connectivity index (χ1n) is 8.35. The summed E-state index contributed by atoms with van der Waals surface area (Å²) in [5.41, 5.74) is 1.20. The Morgan fingerprint density at radius 2 is 1.58 bits per heavy atom. The Labute approximate surface area is 164 Å². The fourth-order valence-corrected chi connectivity index (χ4v) is 2.99. The molecule has 4 nitrogen and oxygen atoms in total. The fourth-order valence-electron chi connectivity index (χ4n) is 2.58. The van der Waals surface area contributed by atoms with Crippen LogP contribution in [0.3, 0.4) is 0 Å². The topological polar surface area (TPSA) is 49.4 Å². The number of halogens is 2. The van der Waals surface area contributed by atoms with Crippen LogP contribution in [0.2, 0.25) is 10.0 Å². The molecule has 0 radical (unpaired) electrons. The maximum atomic E-state index is 12.9. The smallest absolute Gasteiger partial charge is 0.253 e. The molecule has 0 heterocycles. The van der Waals surface area contributed by atoms with Gasteiger partial charge in [-0.1, -0.05) is 67.4 Å². The molecule has 0 saturated carbocycles. The Kier molecular flexibility index (Phi) is 7.06. The van der Waals surface area contributed by atoms with Crippen LogP contribution in [-0.4, -0.2) is 29.8 Å².